The van der Waals surface area contributed by atoms with Crippen molar-refractivity contribution < 1.29 is 42.1 Å². The van der Waals surface area contributed by atoms with E-state index < -0.39 is 0 Å². The average Bonchev–Trinajstić information content (AvgIpc) is 2.16. The average molecular weight is 316 g/mol. The zero-order valence-electron chi connectivity index (χ0n) is 14.0. The van der Waals surface area contributed by atoms with Crippen LogP contribution in [-0.2, 0) is 21.7 Å². The fourth-order valence-corrected chi connectivity index (χ4v) is 0. The van der Waals surface area contributed by atoms with Gasteiger partial charge in [0, 0.05) is 47.1 Å². The van der Waals surface area contributed by atoms with E-state index >= 15 is 0 Å². The molecule has 0 saturated heterocycles. The Morgan fingerprint density at radius 2 is 0.632 bits per heavy atom. The summed E-state index contributed by atoms with van der Waals surface area (Å²) in [6.07, 6.45) is -0.333. The molecule has 0 aromatic rings. The van der Waals surface area contributed by atoms with E-state index in [-0.39, 0.29) is 33.9 Å². The second kappa shape index (κ2) is 27.0. The van der Waals surface area contributed by atoms with E-state index in [1.54, 1.807) is 27.7 Å². The molecular weight excluding hydrogens is 280 g/mol. The molecule has 0 aliphatic heterocycles. The van der Waals surface area contributed by atoms with Gasteiger partial charge in [0.2, 0.25) is 0 Å². The summed E-state index contributed by atoms with van der Waals surface area (Å²) in [5.74, 6) is 0.880. The van der Waals surface area contributed by atoms with Gasteiger partial charge in [0.1, 0.15) is 0 Å². The molecule has 0 fully saturated rings. The predicted octanol–water partition coefficient (Wildman–Crippen LogP) is 2.04. The van der Waals surface area contributed by atoms with Crippen LogP contribution in [0.1, 0.15) is 55.4 Å². The molecule has 0 aliphatic carbocycles. The van der Waals surface area contributed by atoms with Crippen LogP contribution in [0.4, 0.5) is 0 Å². The molecule has 19 heavy (non-hydrogen) atoms. The Morgan fingerprint density at radius 1 is 0.579 bits per heavy atom. The van der Waals surface area contributed by atoms with Crippen LogP contribution >= 0.6 is 0 Å². The van der Waals surface area contributed by atoms with Crippen LogP contribution in [0, 0.1) is 11.8 Å². The molecule has 0 rings (SSSR count). The Morgan fingerprint density at radius 3 is 0.632 bits per heavy atom. The van der Waals surface area contributed by atoms with Crippen molar-refractivity contribution >= 4 is 0 Å². The van der Waals surface area contributed by atoms with Gasteiger partial charge in [0.05, 0.1) is 0 Å². The summed E-state index contributed by atoms with van der Waals surface area (Å²) >= 11 is 0. The van der Waals surface area contributed by atoms with Gasteiger partial charge in [0.25, 0.3) is 0 Å². The maximum Gasteiger partial charge on any atom is 0.0483 e. The van der Waals surface area contributed by atoms with Gasteiger partial charge in [0.15, 0.2) is 0 Å². The topological polar surface area (TPSA) is 80.9 Å². The van der Waals surface area contributed by atoms with E-state index in [4.69, 9.17) is 20.4 Å². The number of aliphatic hydroxyl groups excluding tert-OH is 4. The summed E-state index contributed by atoms with van der Waals surface area (Å²) < 4.78 is 0. The molecule has 0 amide bonds. The smallest absolute Gasteiger partial charge is 0.0483 e. The van der Waals surface area contributed by atoms with Crippen molar-refractivity contribution in [2.24, 2.45) is 11.8 Å². The van der Waals surface area contributed by atoms with Gasteiger partial charge in [-0.15, -0.1) is 0 Å². The largest absolute Gasteiger partial charge is 0.396 e. The first-order chi connectivity index (χ1) is 8.00. The molecule has 4 N–H and O–H groups in total. The molecule has 0 heterocycles. The molecule has 0 spiro atoms. The minimum absolute atomic E-state index is 0. The molecule has 0 aromatic carbocycles. The van der Waals surface area contributed by atoms with Crippen molar-refractivity contribution in [2.45, 2.75) is 67.6 Å². The van der Waals surface area contributed by atoms with E-state index in [1.165, 1.54) is 0 Å². The minimum atomic E-state index is -0.167. The molecule has 0 unspecified atom stereocenters. The van der Waals surface area contributed by atoms with Crippen LogP contribution in [0.25, 0.3) is 0 Å². The van der Waals surface area contributed by atoms with Crippen LogP contribution in [0.15, 0.2) is 0 Å². The third-order valence-corrected chi connectivity index (χ3v) is 0.730. The second-order valence-corrected chi connectivity index (χ2v) is 5.34. The first-order valence-electron chi connectivity index (χ1n) is 6.58. The van der Waals surface area contributed by atoms with Crippen molar-refractivity contribution in [3.8, 4) is 0 Å². The van der Waals surface area contributed by atoms with Crippen molar-refractivity contribution in [3.63, 3.8) is 0 Å². The molecule has 0 saturated carbocycles. The third kappa shape index (κ3) is 245. The van der Waals surface area contributed by atoms with E-state index in [0.717, 1.165) is 0 Å². The van der Waals surface area contributed by atoms with Crippen LogP contribution in [-0.4, -0.2) is 45.8 Å². The molecule has 0 bridgehead atoms. The summed E-state index contributed by atoms with van der Waals surface area (Å²) in [5.41, 5.74) is 0. The SMILES string of the molecule is CC(C)CO.CC(C)CO.CC(C)O.CC(C)O.[Ti]. The van der Waals surface area contributed by atoms with Gasteiger partial charge in [-0.3, -0.25) is 0 Å². The van der Waals surface area contributed by atoms with Crippen LogP contribution in [0.5, 0.6) is 0 Å². The summed E-state index contributed by atoms with van der Waals surface area (Å²) in [6.45, 7) is 15.4. The Bertz CT molecular complexity index is 98.5. The van der Waals surface area contributed by atoms with Gasteiger partial charge < -0.3 is 20.4 Å². The fourth-order valence-electron chi connectivity index (χ4n) is 0. The van der Waals surface area contributed by atoms with E-state index in [1.807, 2.05) is 27.7 Å². The standard InChI is InChI=1S/2C4H10O.2C3H8O.Ti/c2*1-4(2)3-5;2*1-3(2)4;/h2*4-5H,3H2,1-2H3;2*3-4H,1-2H3;. The first kappa shape index (κ1) is 31.8. The molecule has 5 heteroatoms. The van der Waals surface area contributed by atoms with E-state index in [9.17, 15) is 0 Å². The first-order valence-corrected chi connectivity index (χ1v) is 6.58. The Kier molecular flexibility index (Phi) is 45.1. The maximum absolute atomic E-state index is 8.14. The molecule has 0 atom stereocenters. The Labute approximate surface area is 135 Å². The van der Waals surface area contributed by atoms with Crippen molar-refractivity contribution in [2.75, 3.05) is 13.2 Å². The van der Waals surface area contributed by atoms with Gasteiger partial charge >= 0.3 is 0 Å². The molecule has 4 nitrogen and oxygen atoms in total. The molecule has 0 radical (unpaired) electrons. The third-order valence-electron chi connectivity index (χ3n) is 0.730. The van der Waals surface area contributed by atoms with Gasteiger partial charge in [-0.25, -0.2) is 0 Å². The van der Waals surface area contributed by atoms with Crippen molar-refractivity contribution in [1.29, 1.82) is 0 Å². The number of aliphatic hydroxyl groups is 4. The van der Waals surface area contributed by atoms with E-state index in [0.29, 0.717) is 25.0 Å². The Hall–Kier alpha value is 0.554. The van der Waals surface area contributed by atoms with Gasteiger partial charge in [-0.1, -0.05) is 27.7 Å². The number of hydrogen-bond acceptors (Lipinski definition) is 4. The predicted molar refractivity (Wildman–Crippen MR) is 78.6 cm³/mol. The van der Waals surface area contributed by atoms with Crippen LogP contribution in [0.3, 0.4) is 0 Å². The molecule has 0 aromatic heterocycles. The zero-order chi connectivity index (χ0) is 15.7. The van der Waals surface area contributed by atoms with E-state index in [2.05, 4.69) is 0 Å². The quantitative estimate of drug-likeness (QED) is 0.588. The molecule has 120 valence electrons. The van der Waals surface area contributed by atoms with Gasteiger partial charge in [-0.05, 0) is 39.5 Å². The number of hydrogen-bond donors (Lipinski definition) is 4. The van der Waals surface area contributed by atoms with Crippen LogP contribution < -0.4 is 0 Å². The summed E-state index contributed by atoms with van der Waals surface area (Å²) in [4.78, 5) is 0. The second-order valence-electron chi connectivity index (χ2n) is 5.34. The Balaban J connectivity index is -0.0000000453. The van der Waals surface area contributed by atoms with Crippen molar-refractivity contribution in [3.05, 3.63) is 0 Å². The number of rotatable bonds is 2. The monoisotopic (exact) mass is 316 g/mol. The summed E-state index contributed by atoms with van der Waals surface area (Å²) in [7, 11) is 0. The molecule has 0 aliphatic rings. The van der Waals surface area contributed by atoms with Gasteiger partial charge in [-0.2, -0.15) is 0 Å². The summed E-state index contributed by atoms with van der Waals surface area (Å²) in [6, 6.07) is 0. The zero-order valence-corrected chi connectivity index (χ0v) is 15.6. The summed E-state index contributed by atoms with van der Waals surface area (Å²) in [5, 5.41) is 32.4. The normalized spacial score (nSPS) is 8.84. The fraction of sp³-hybridized carbons (Fsp3) is 1.00. The van der Waals surface area contributed by atoms with Crippen molar-refractivity contribution in [1.82, 2.24) is 0 Å². The minimum Gasteiger partial charge on any atom is -0.396 e. The molecular formula is C14H36O4Ti. The maximum atomic E-state index is 8.14. The van der Waals surface area contributed by atoms with Crippen LogP contribution in [0.2, 0.25) is 0 Å².